The van der Waals surface area contributed by atoms with Gasteiger partial charge in [-0.2, -0.15) is 0 Å². The smallest absolute Gasteiger partial charge is 0.307 e. The van der Waals surface area contributed by atoms with Crippen molar-refractivity contribution in [3.05, 3.63) is 89.2 Å². The maximum Gasteiger partial charge on any atom is 0.307 e. The van der Waals surface area contributed by atoms with E-state index in [0.717, 1.165) is 10.9 Å². The van der Waals surface area contributed by atoms with E-state index < -0.39 is 6.10 Å². The van der Waals surface area contributed by atoms with Crippen LogP contribution < -0.4 is 15.3 Å². The van der Waals surface area contributed by atoms with Gasteiger partial charge in [-0.15, -0.1) is 11.3 Å². The molecule has 3 rings (SSSR count). The standard InChI is InChI=1S/C22H24N2O3/c1-3-13-23(15-18-9-5-4-6-10-18)21-14-19-11-7-8-12-20(19)24(22(21)26)27-16-17(2)25/h3-12,14,17,25H,1,13,15-16H2,2H3. The van der Waals surface area contributed by atoms with Crippen LogP contribution in [-0.4, -0.2) is 29.1 Å². The summed E-state index contributed by atoms with van der Waals surface area (Å²) in [7, 11) is 0. The molecule has 5 heteroatoms. The third-order valence-corrected chi connectivity index (χ3v) is 4.20. The van der Waals surface area contributed by atoms with Crippen LogP contribution in [0.25, 0.3) is 10.9 Å². The molecule has 0 aliphatic heterocycles. The largest absolute Gasteiger partial charge is 0.407 e. The molecule has 3 aromatic rings. The average Bonchev–Trinajstić information content (AvgIpc) is 2.67. The van der Waals surface area contributed by atoms with E-state index in [4.69, 9.17) is 4.84 Å². The minimum Gasteiger partial charge on any atom is -0.407 e. The third-order valence-electron chi connectivity index (χ3n) is 4.20. The monoisotopic (exact) mass is 364 g/mol. The fourth-order valence-electron chi connectivity index (χ4n) is 2.96. The second-order valence-corrected chi connectivity index (χ2v) is 6.49. The van der Waals surface area contributed by atoms with Crippen LogP contribution in [0.1, 0.15) is 12.5 Å². The number of pyridine rings is 1. The lowest BCUT2D eigenvalue weighted by atomic mass is 10.1. The van der Waals surface area contributed by atoms with Gasteiger partial charge in [-0.05, 0) is 24.6 Å². The van der Waals surface area contributed by atoms with Crippen molar-refractivity contribution in [1.29, 1.82) is 0 Å². The predicted molar refractivity (Wildman–Crippen MR) is 109 cm³/mol. The van der Waals surface area contributed by atoms with Gasteiger partial charge in [0.25, 0.3) is 0 Å². The zero-order valence-electron chi connectivity index (χ0n) is 15.4. The number of para-hydroxylation sites is 1. The molecule has 0 aliphatic rings. The maximum atomic E-state index is 13.2. The quantitative estimate of drug-likeness (QED) is 0.625. The van der Waals surface area contributed by atoms with Crippen LogP contribution >= 0.6 is 0 Å². The minimum atomic E-state index is -0.673. The highest BCUT2D eigenvalue weighted by Crippen LogP contribution is 2.20. The zero-order valence-corrected chi connectivity index (χ0v) is 15.4. The van der Waals surface area contributed by atoms with E-state index in [1.807, 2.05) is 65.6 Å². The number of hydrogen-bond donors (Lipinski definition) is 1. The van der Waals surface area contributed by atoms with Crippen LogP contribution in [0.15, 0.2) is 78.1 Å². The number of benzene rings is 2. The van der Waals surface area contributed by atoms with Crippen molar-refractivity contribution in [3.8, 4) is 0 Å². The fourth-order valence-corrected chi connectivity index (χ4v) is 2.96. The summed E-state index contributed by atoms with van der Waals surface area (Å²) in [5, 5.41) is 10.5. The SMILES string of the molecule is C=CCN(Cc1ccccc1)c1cc2ccccc2n(OCC(C)O)c1=O. The van der Waals surface area contributed by atoms with Crippen LogP contribution in [0.5, 0.6) is 0 Å². The van der Waals surface area contributed by atoms with Gasteiger partial charge in [-0.25, -0.2) is 0 Å². The molecule has 0 radical (unpaired) electrons. The summed E-state index contributed by atoms with van der Waals surface area (Å²) in [5.74, 6) is 0. The molecule has 1 unspecified atom stereocenters. The molecule has 27 heavy (non-hydrogen) atoms. The lowest BCUT2D eigenvalue weighted by Crippen LogP contribution is -2.36. The summed E-state index contributed by atoms with van der Waals surface area (Å²) < 4.78 is 1.28. The van der Waals surface area contributed by atoms with Crippen molar-refractivity contribution in [2.24, 2.45) is 0 Å². The normalized spacial score (nSPS) is 11.9. The van der Waals surface area contributed by atoms with Gasteiger partial charge in [0.1, 0.15) is 12.3 Å². The van der Waals surface area contributed by atoms with Crippen LogP contribution in [-0.2, 0) is 6.54 Å². The Kier molecular flexibility index (Phi) is 5.94. The van der Waals surface area contributed by atoms with Crippen LogP contribution in [0.4, 0.5) is 5.69 Å². The second kappa shape index (κ2) is 8.56. The van der Waals surface area contributed by atoms with E-state index in [9.17, 15) is 9.90 Å². The topological polar surface area (TPSA) is 54.7 Å². The van der Waals surface area contributed by atoms with Gasteiger partial charge in [0.15, 0.2) is 0 Å². The minimum absolute atomic E-state index is 0.0352. The molecule has 0 aliphatic carbocycles. The number of anilines is 1. The van der Waals surface area contributed by atoms with Crippen molar-refractivity contribution >= 4 is 16.6 Å². The molecule has 1 heterocycles. The van der Waals surface area contributed by atoms with Crippen LogP contribution in [0.3, 0.4) is 0 Å². The summed E-state index contributed by atoms with van der Waals surface area (Å²) in [6, 6.07) is 19.4. The number of fused-ring (bicyclic) bond motifs is 1. The molecule has 0 saturated heterocycles. The Labute approximate surface area is 158 Å². The third kappa shape index (κ3) is 4.38. The molecular weight excluding hydrogens is 340 g/mol. The number of hydrogen-bond acceptors (Lipinski definition) is 4. The predicted octanol–water partition coefficient (Wildman–Crippen LogP) is 3.00. The highest BCUT2D eigenvalue weighted by atomic mass is 16.7. The molecule has 1 aromatic heterocycles. The van der Waals surface area contributed by atoms with Crippen molar-refractivity contribution < 1.29 is 9.94 Å². The molecule has 0 fully saturated rings. The molecule has 0 amide bonds. The summed E-state index contributed by atoms with van der Waals surface area (Å²) in [5.41, 5.74) is 2.05. The first-order valence-electron chi connectivity index (χ1n) is 8.96. The van der Waals surface area contributed by atoms with E-state index in [1.54, 1.807) is 13.0 Å². The number of rotatable bonds is 8. The maximum absolute atomic E-state index is 13.2. The lowest BCUT2D eigenvalue weighted by molar-refractivity contribution is 0.0364. The number of aromatic nitrogens is 1. The molecule has 0 bridgehead atoms. The van der Waals surface area contributed by atoms with Gasteiger partial charge in [0.2, 0.25) is 0 Å². The average molecular weight is 364 g/mol. The Morgan fingerprint density at radius 1 is 1.19 bits per heavy atom. The molecule has 0 saturated carbocycles. The van der Waals surface area contributed by atoms with E-state index >= 15 is 0 Å². The Hall–Kier alpha value is -3.05. The molecule has 140 valence electrons. The molecule has 0 spiro atoms. The fraction of sp³-hybridized carbons (Fsp3) is 0.227. The van der Waals surface area contributed by atoms with E-state index in [-0.39, 0.29) is 12.2 Å². The Balaban J connectivity index is 2.09. The van der Waals surface area contributed by atoms with Gasteiger partial charge in [0, 0.05) is 18.5 Å². The summed E-state index contributed by atoms with van der Waals surface area (Å²) in [4.78, 5) is 20.8. The molecule has 1 N–H and O–H groups in total. The second-order valence-electron chi connectivity index (χ2n) is 6.49. The molecule has 2 aromatic carbocycles. The number of aliphatic hydroxyl groups excluding tert-OH is 1. The first-order chi connectivity index (χ1) is 13.1. The summed E-state index contributed by atoms with van der Waals surface area (Å²) in [6.45, 7) is 6.59. The number of nitrogens with zero attached hydrogens (tertiary/aromatic N) is 2. The molecular formula is C22H24N2O3. The number of aliphatic hydroxyl groups is 1. The Morgan fingerprint density at radius 2 is 1.89 bits per heavy atom. The van der Waals surface area contributed by atoms with Gasteiger partial charge >= 0.3 is 5.56 Å². The molecule has 5 nitrogen and oxygen atoms in total. The highest BCUT2D eigenvalue weighted by molar-refractivity contribution is 5.82. The van der Waals surface area contributed by atoms with Crippen molar-refractivity contribution in [2.75, 3.05) is 18.1 Å². The van der Waals surface area contributed by atoms with Gasteiger partial charge < -0.3 is 14.8 Å². The summed E-state index contributed by atoms with van der Waals surface area (Å²) in [6.07, 6.45) is 1.10. The Morgan fingerprint density at radius 3 is 2.59 bits per heavy atom. The van der Waals surface area contributed by atoms with Crippen molar-refractivity contribution in [3.63, 3.8) is 0 Å². The van der Waals surface area contributed by atoms with E-state index in [0.29, 0.717) is 24.3 Å². The van der Waals surface area contributed by atoms with E-state index in [2.05, 4.69) is 6.58 Å². The van der Waals surface area contributed by atoms with Gasteiger partial charge in [-0.1, -0.05) is 54.6 Å². The van der Waals surface area contributed by atoms with Crippen LogP contribution in [0, 0.1) is 0 Å². The van der Waals surface area contributed by atoms with Crippen molar-refractivity contribution in [1.82, 2.24) is 4.73 Å². The molecule has 1 atom stereocenters. The summed E-state index contributed by atoms with van der Waals surface area (Å²) >= 11 is 0. The Bertz CT molecular complexity index is 964. The van der Waals surface area contributed by atoms with Gasteiger partial charge in [0.05, 0.1) is 11.6 Å². The first-order valence-corrected chi connectivity index (χ1v) is 8.96. The zero-order chi connectivity index (χ0) is 19.2. The van der Waals surface area contributed by atoms with Gasteiger partial charge in [-0.3, -0.25) is 4.79 Å². The first kappa shape index (κ1) is 18.7. The van der Waals surface area contributed by atoms with Crippen LogP contribution in [0.2, 0.25) is 0 Å². The van der Waals surface area contributed by atoms with Crippen molar-refractivity contribution in [2.45, 2.75) is 19.6 Å². The van der Waals surface area contributed by atoms with E-state index in [1.165, 1.54) is 4.73 Å². The highest BCUT2D eigenvalue weighted by Gasteiger charge is 2.16. The lowest BCUT2D eigenvalue weighted by Gasteiger charge is -2.24.